The van der Waals surface area contributed by atoms with Crippen LogP contribution in [0.25, 0.3) is 5.65 Å². The fourth-order valence-corrected chi connectivity index (χ4v) is 2.09. The third-order valence-corrected chi connectivity index (χ3v) is 3.13. The largest absolute Gasteiger partial charge is 0.370 e. The molecule has 2 aromatic heterocycles. The summed E-state index contributed by atoms with van der Waals surface area (Å²) < 4.78 is 1.84. The second-order valence-electron chi connectivity index (χ2n) is 4.63. The van der Waals surface area contributed by atoms with Gasteiger partial charge in [-0.15, -0.1) is 12.4 Å². The fourth-order valence-electron chi connectivity index (χ4n) is 2.09. The molecule has 0 aliphatic heterocycles. The molecule has 2 rings (SSSR count). The highest BCUT2D eigenvalue weighted by molar-refractivity contribution is 5.85. The highest BCUT2D eigenvalue weighted by atomic mass is 35.5. The molecule has 2 heterocycles. The van der Waals surface area contributed by atoms with Gasteiger partial charge in [0, 0.05) is 18.8 Å². The van der Waals surface area contributed by atoms with E-state index in [1.165, 1.54) is 38.5 Å². The minimum absolute atomic E-state index is 0. The second kappa shape index (κ2) is 8.75. The smallest absolute Gasteiger partial charge is 0.157 e. The van der Waals surface area contributed by atoms with E-state index in [1.54, 1.807) is 6.20 Å². The zero-order chi connectivity index (χ0) is 12.6. The van der Waals surface area contributed by atoms with E-state index in [0.29, 0.717) is 0 Å². The molecule has 0 spiro atoms. The van der Waals surface area contributed by atoms with Gasteiger partial charge in [-0.2, -0.15) is 9.61 Å². The Labute approximate surface area is 121 Å². The minimum Gasteiger partial charge on any atom is -0.370 e. The quantitative estimate of drug-likeness (QED) is 0.746. The normalized spacial score (nSPS) is 10.4. The van der Waals surface area contributed by atoms with Gasteiger partial charge < -0.3 is 5.32 Å². The van der Waals surface area contributed by atoms with E-state index in [2.05, 4.69) is 22.3 Å². The van der Waals surface area contributed by atoms with Crippen LogP contribution in [0.5, 0.6) is 0 Å². The van der Waals surface area contributed by atoms with Gasteiger partial charge in [0.05, 0.1) is 6.20 Å². The average molecular weight is 283 g/mol. The van der Waals surface area contributed by atoms with Crippen LogP contribution in [-0.4, -0.2) is 21.1 Å². The molecule has 0 radical (unpaired) electrons. The molecule has 1 N–H and O–H groups in total. The Hall–Kier alpha value is -1.29. The number of unbranched alkanes of at least 4 members (excludes halogenated alkanes) is 5. The van der Waals surface area contributed by atoms with Gasteiger partial charge in [-0.25, -0.2) is 4.98 Å². The van der Waals surface area contributed by atoms with Crippen LogP contribution in [0.4, 0.5) is 5.82 Å². The summed E-state index contributed by atoms with van der Waals surface area (Å²) in [5.41, 5.74) is 0.892. The van der Waals surface area contributed by atoms with Crippen molar-refractivity contribution in [1.29, 1.82) is 0 Å². The first-order valence-electron chi connectivity index (χ1n) is 6.94. The van der Waals surface area contributed by atoms with E-state index in [-0.39, 0.29) is 12.4 Å². The summed E-state index contributed by atoms with van der Waals surface area (Å²) in [5, 5.41) is 7.67. The minimum atomic E-state index is 0. The van der Waals surface area contributed by atoms with Crippen LogP contribution in [-0.2, 0) is 0 Å². The Bertz CT molecular complexity index is 469. The zero-order valence-electron chi connectivity index (χ0n) is 11.5. The molecule has 4 nitrogen and oxygen atoms in total. The molecule has 2 aromatic rings. The summed E-state index contributed by atoms with van der Waals surface area (Å²) in [6.45, 7) is 3.26. The highest BCUT2D eigenvalue weighted by Crippen LogP contribution is 2.09. The SMILES string of the molecule is CCCCCCCCNc1ccnc2ccnn12.Cl. The van der Waals surface area contributed by atoms with Crippen molar-refractivity contribution >= 4 is 23.9 Å². The topological polar surface area (TPSA) is 42.2 Å². The van der Waals surface area contributed by atoms with Crippen LogP contribution in [0.2, 0.25) is 0 Å². The van der Waals surface area contributed by atoms with E-state index in [0.717, 1.165) is 18.0 Å². The number of anilines is 1. The Balaban J connectivity index is 0.00000180. The van der Waals surface area contributed by atoms with E-state index in [1.807, 2.05) is 22.8 Å². The predicted molar refractivity (Wildman–Crippen MR) is 82.1 cm³/mol. The van der Waals surface area contributed by atoms with Crippen molar-refractivity contribution in [3.05, 3.63) is 24.5 Å². The van der Waals surface area contributed by atoms with Crippen LogP contribution in [0, 0.1) is 0 Å². The third-order valence-electron chi connectivity index (χ3n) is 3.13. The summed E-state index contributed by atoms with van der Waals surface area (Å²) >= 11 is 0. The van der Waals surface area contributed by atoms with Gasteiger partial charge in [0.25, 0.3) is 0 Å². The van der Waals surface area contributed by atoms with E-state index in [9.17, 15) is 0 Å². The monoisotopic (exact) mass is 282 g/mol. The molecule has 0 aliphatic carbocycles. The molecule has 106 valence electrons. The maximum Gasteiger partial charge on any atom is 0.157 e. The lowest BCUT2D eigenvalue weighted by molar-refractivity contribution is 0.616. The summed E-state index contributed by atoms with van der Waals surface area (Å²) in [5.74, 6) is 1.03. The van der Waals surface area contributed by atoms with Crippen LogP contribution < -0.4 is 5.32 Å². The van der Waals surface area contributed by atoms with Gasteiger partial charge >= 0.3 is 0 Å². The predicted octanol–water partition coefficient (Wildman–Crippen LogP) is 3.92. The lowest BCUT2D eigenvalue weighted by atomic mass is 10.1. The number of nitrogens with zero attached hydrogens (tertiary/aromatic N) is 3. The molecule has 0 aromatic carbocycles. The van der Waals surface area contributed by atoms with Crippen LogP contribution >= 0.6 is 12.4 Å². The van der Waals surface area contributed by atoms with Gasteiger partial charge in [-0.1, -0.05) is 39.0 Å². The molecular formula is C14H23ClN4. The average Bonchev–Trinajstić information content (AvgIpc) is 2.86. The van der Waals surface area contributed by atoms with Crippen molar-refractivity contribution in [2.45, 2.75) is 45.4 Å². The molecule has 5 heteroatoms. The Kier molecular flexibility index (Phi) is 7.26. The third kappa shape index (κ3) is 4.71. The van der Waals surface area contributed by atoms with Crippen molar-refractivity contribution in [1.82, 2.24) is 14.6 Å². The maximum atomic E-state index is 4.25. The standard InChI is InChI=1S/C14H22N4.ClH/c1-2-3-4-5-6-7-10-15-13-8-11-16-14-9-12-17-18(13)14;/h8-9,11-12,15H,2-7,10H2,1H3;1H. The first-order chi connectivity index (χ1) is 8.92. The molecule has 0 bridgehead atoms. The molecule has 0 saturated heterocycles. The lowest BCUT2D eigenvalue weighted by Gasteiger charge is -2.07. The van der Waals surface area contributed by atoms with Gasteiger partial charge in [-0.3, -0.25) is 0 Å². The van der Waals surface area contributed by atoms with Crippen molar-refractivity contribution in [3.8, 4) is 0 Å². The molecule has 0 atom stereocenters. The fraction of sp³-hybridized carbons (Fsp3) is 0.571. The van der Waals surface area contributed by atoms with Crippen molar-refractivity contribution in [3.63, 3.8) is 0 Å². The van der Waals surface area contributed by atoms with Crippen LogP contribution in [0.1, 0.15) is 45.4 Å². The van der Waals surface area contributed by atoms with Crippen molar-refractivity contribution in [2.75, 3.05) is 11.9 Å². The Morgan fingerprint density at radius 2 is 1.84 bits per heavy atom. The Morgan fingerprint density at radius 3 is 2.68 bits per heavy atom. The number of halogens is 1. The van der Waals surface area contributed by atoms with Crippen LogP contribution in [0.3, 0.4) is 0 Å². The maximum absolute atomic E-state index is 4.25. The summed E-state index contributed by atoms with van der Waals surface area (Å²) in [6, 6.07) is 3.88. The van der Waals surface area contributed by atoms with Crippen molar-refractivity contribution < 1.29 is 0 Å². The zero-order valence-corrected chi connectivity index (χ0v) is 12.3. The molecule has 0 unspecified atom stereocenters. The number of fused-ring (bicyclic) bond motifs is 1. The number of hydrogen-bond donors (Lipinski definition) is 1. The molecule has 0 saturated carbocycles. The van der Waals surface area contributed by atoms with E-state index < -0.39 is 0 Å². The van der Waals surface area contributed by atoms with Crippen LogP contribution in [0.15, 0.2) is 24.5 Å². The van der Waals surface area contributed by atoms with Gasteiger partial charge in [0.15, 0.2) is 5.65 Å². The summed E-state index contributed by atoms with van der Waals surface area (Å²) in [7, 11) is 0. The van der Waals surface area contributed by atoms with E-state index >= 15 is 0 Å². The lowest BCUT2D eigenvalue weighted by Crippen LogP contribution is -2.07. The molecular weight excluding hydrogens is 260 g/mol. The number of nitrogens with one attached hydrogen (secondary N) is 1. The Morgan fingerprint density at radius 1 is 1.05 bits per heavy atom. The number of aromatic nitrogens is 3. The molecule has 0 amide bonds. The summed E-state index contributed by atoms with van der Waals surface area (Å²) in [6.07, 6.45) is 11.5. The first-order valence-corrected chi connectivity index (χ1v) is 6.94. The molecule has 0 fully saturated rings. The van der Waals surface area contributed by atoms with Gasteiger partial charge in [-0.05, 0) is 12.5 Å². The van der Waals surface area contributed by atoms with Gasteiger partial charge in [0.2, 0.25) is 0 Å². The van der Waals surface area contributed by atoms with Crippen molar-refractivity contribution in [2.24, 2.45) is 0 Å². The van der Waals surface area contributed by atoms with Gasteiger partial charge in [0.1, 0.15) is 5.82 Å². The second-order valence-corrected chi connectivity index (χ2v) is 4.63. The number of rotatable bonds is 8. The number of hydrogen-bond acceptors (Lipinski definition) is 3. The summed E-state index contributed by atoms with van der Waals surface area (Å²) in [4.78, 5) is 4.24. The highest BCUT2D eigenvalue weighted by Gasteiger charge is 2.00. The first kappa shape index (κ1) is 15.8. The molecule has 19 heavy (non-hydrogen) atoms. The van der Waals surface area contributed by atoms with E-state index in [4.69, 9.17) is 0 Å². The molecule has 0 aliphatic rings.